The first kappa shape index (κ1) is 25.1. The lowest BCUT2D eigenvalue weighted by Crippen LogP contribution is -2.25. The van der Waals surface area contributed by atoms with Crippen molar-refractivity contribution in [3.05, 3.63) is 12.2 Å². The third-order valence-electron chi connectivity index (χ3n) is 6.07. The molecule has 164 valence electrons. The molecule has 1 aliphatic carbocycles. The van der Waals surface area contributed by atoms with E-state index in [1.807, 2.05) is 6.92 Å². The predicted molar refractivity (Wildman–Crippen MR) is 111 cm³/mol. The summed E-state index contributed by atoms with van der Waals surface area (Å²) in [6, 6.07) is 0. The number of hydrogen-bond donors (Lipinski definition) is 2. The Balaban J connectivity index is 2.39. The standard InChI is InChI=1S/C23H41FO4/c1-4-6-12-20(24)21(25)15-14-18-17(3)16-22(26)19(18)11-9-7-8-10-13-23(27)28-5-2/h7,9,17-22,25-26H,4-6,8,10-16H2,1-3H3/b9-7-/t17?,18-,19?,20?,21?,22?/m0/s1. The molecule has 0 aromatic rings. The van der Waals surface area contributed by atoms with E-state index in [9.17, 15) is 19.4 Å². The molecule has 5 unspecified atom stereocenters. The third kappa shape index (κ3) is 9.04. The number of esters is 1. The van der Waals surface area contributed by atoms with Crippen LogP contribution in [0, 0.1) is 17.8 Å². The molecule has 0 spiro atoms. The zero-order chi connectivity index (χ0) is 20.9. The summed E-state index contributed by atoms with van der Waals surface area (Å²) in [6.07, 6.45) is 8.79. The predicted octanol–water partition coefficient (Wildman–Crippen LogP) is 4.97. The number of ether oxygens (including phenoxy) is 1. The molecule has 0 aromatic carbocycles. The van der Waals surface area contributed by atoms with Gasteiger partial charge in [0.25, 0.3) is 0 Å². The van der Waals surface area contributed by atoms with E-state index in [0.29, 0.717) is 37.7 Å². The number of unbranched alkanes of at least 4 members (excludes halogenated alkanes) is 2. The monoisotopic (exact) mass is 400 g/mol. The Hall–Kier alpha value is -0.940. The minimum atomic E-state index is -1.14. The normalized spacial score (nSPS) is 27.2. The van der Waals surface area contributed by atoms with Crippen molar-refractivity contribution in [2.24, 2.45) is 17.8 Å². The Morgan fingerprint density at radius 3 is 2.64 bits per heavy atom. The Kier molecular flexibility index (Phi) is 12.6. The summed E-state index contributed by atoms with van der Waals surface area (Å²) >= 11 is 0. The van der Waals surface area contributed by atoms with Gasteiger partial charge in [-0.15, -0.1) is 0 Å². The van der Waals surface area contributed by atoms with Gasteiger partial charge >= 0.3 is 5.97 Å². The van der Waals surface area contributed by atoms with Crippen LogP contribution in [0.3, 0.4) is 0 Å². The largest absolute Gasteiger partial charge is 0.466 e. The number of hydrogen-bond acceptors (Lipinski definition) is 4. The van der Waals surface area contributed by atoms with Gasteiger partial charge in [-0.05, 0) is 69.6 Å². The van der Waals surface area contributed by atoms with Crippen LogP contribution in [0.5, 0.6) is 0 Å². The third-order valence-corrected chi connectivity index (χ3v) is 6.07. The maximum atomic E-state index is 14.0. The van der Waals surface area contributed by atoms with Gasteiger partial charge in [0.1, 0.15) is 6.17 Å². The molecule has 0 heterocycles. The van der Waals surface area contributed by atoms with Crippen molar-refractivity contribution in [1.29, 1.82) is 0 Å². The molecule has 0 aliphatic heterocycles. The number of rotatable bonds is 14. The Morgan fingerprint density at radius 2 is 1.96 bits per heavy atom. The van der Waals surface area contributed by atoms with Gasteiger partial charge in [0.15, 0.2) is 0 Å². The van der Waals surface area contributed by atoms with Gasteiger partial charge < -0.3 is 14.9 Å². The number of allylic oxidation sites excluding steroid dienone is 2. The molecule has 4 nitrogen and oxygen atoms in total. The smallest absolute Gasteiger partial charge is 0.305 e. The van der Waals surface area contributed by atoms with Crippen LogP contribution in [0.25, 0.3) is 0 Å². The number of aliphatic hydroxyl groups excluding tert-OH is 2. The lowest BCUT2D eigenvalue weighted by atomic mass is 9.83. The summed E-state index contributed by atoms with van der Waals surface area (Å²) in [4.78, 5) is 11.3. The minimum Gasteiger partial charge on any atom is -0.466 e. The fourth-order valence-electron chi connectivity index (χ4n) is 4.37. The molecule has 2 N–H and O–H groups in total. The second-order valence-electron chi connectivity index (χ2n) is 8.32. The zero-order valence-electron chi connectivity index (χ0n) is 18.0. The second kappa shape index (κ2) is 14.1. The van der Waals surface area contributed by atoms with Crippen molar-refractivity contribution in [3.63, 3.8) is 0 Å². The molecular weight excluding hydrogens is 359 g/mol. The van der Waals surface area contributed by atoms with Crippen molar-refractivity contribution < 1.29 is 24.1 Å². The van der Waals surface area contributed by atoms with Crippen LogP contribution in [-0.2, 0) is 9.53 Å². The van der Waals surface area contributed by atoms with Crippen molar-refractivity contribution in [2.75, 3.05) is 6.61 Å². The zero-order valence-corrected chi connectivity index (χ0v) is 18.0. The molecule has 1 aliphatic rings. The number of halogens is 1. The molecule has 0 radical (unpaired) electrons. The van der Waals surface area contributed by atoms with E-state index < -0.39 is 12.3 Å². The number of aliphatic hydroxyl groups is 2. The van der Waals surface area contributed by atoms with Crippen LogP contribution in [0.2, 0.25) is 0 Å². The number of alkyl halides is 1. The Bertz CT molecular complexity index is 454. The van der Waals surface area contributed by atoms with Crippen LogP contribution < -0.4 is 0 Å². The average molecular weight is 401 g/mol. The summed E-state index contributed by atoms with van der Waals surface area (Å²) in [5.74, 6) is 0.710. The fraction of sp³-hybridized carbons (Fsp3) is 0.870. The molecule has 0 bridgehead atoms. The highest BCUT2D eigenvalue weighted by Crippen LogP contribution is 2.42. The van der Waals surface area contributed by atoms with Crippen molar-refractivity contribution in [3.8, 4) is 0 Å². The molecule has 28 heavy (non-hydrogen) atoms. The first-order chi connectivity index (χ1) is 13.4. The Labute approximate surface area is 170 Å². The van der Waals surface area contributed by atoms with E-state index in [2.05, 4.69) is 19.1 Å². The van der Waals surface area contributed by atoms with Gasteiger partial charge in [-0.25, -0.2) is 4.39 Å². The molecule has 1 rings (SSSR count). The first-order valence-electron chi connectivity index (χ1n) is 11.2. The van der Waals surface area contributed by atoms with Crippen LogP contribution >= 0.6 is 0 Å². The molecule has 5 heteroatoms. The maximum absolute atomic E-state index is 14.0. The summed E-state index contributed by atoms with van der Waals surface area (Å²) in [5, 5.41) is 20.5. The molecule has 0 saturated heterocycles. The summed E-state index contributed by atoms with van der Waals surface area (Å²) in [7, 11) is 0. The van der Waals surface area contributed by atoms with Crippen LogP contribution in [-0.4, -0.2) is 41.2 Å². The molecule has 1 fully saturated rings. The summed E-state index contributed by atoms with van der Waals surface area (Å²) in [6.45, 7) is 6.40. The van der Waals surface area contributed by atoms with E-state index in [-0.39, 0.29) is 18.0 Å². The highest BCUT2D eigenvalue weighted by molar-refractivity contribution is 5.69. The molecule has 0 aromatic heterocycles. The lowest BCUT2D eigenvalue weighted by Gasteiger charge is -2.25. The minimum absolute atomic E-state index is 0.153. The topological polar surface area (TPSA) is 66.8 Å². The first-order valence-corrected chi connectivity index (χ1v) is 11.2. The van der Waals surface area contributed by atoms with Gasteiger partial charge in [0, 0.05) is 6.42 Å². The van der Waals surface area contributed by atoms with Gasteiger partial charge in [0.05, 0.1) is 18.8 Å². The van der Waals surface area contributed by atoms with Crippen LogP contribution in [0.4, 0.5) is 4.39 Å². The quantitative estimate of drug-likeness (QED) is 0.245. The van der Waals surface area contributed by atoms with Gasteiger partial charge in [-0.1, -0.05) is 38.8 Å². The van der Waals surface area contributed by atoms with Crippen LogP contribution in [0.1, 0.15) is 85.0 Å². The Morgan fingerprint density at radius 1 is 1.21 bits per heavy atom. The van der Waals surface area contributed by atoms with Crippen molar-refractivity contribution in [1.82, 2.24) is 0 Å². The van der Waals surface area contributed by atoms with E-state index in [0.717, 1.165) is 44.9 Å². The molecule has 0 amide bonds. The summed E-state index contributed by atoms with van der Waals surface area (Å²) in [5.41, 5.74) is 0. The fourth-order valence-corrected chi connectivity index (χ4v) is 4.37. The number of carbonyl (C=O) groups is 1. The highest BCUT2D eigenvalue weighted by atomic mass is 19.1. The van der Waals surface area contributed by atoms with E-state index in [4.69, 9.17) is 4.74 Å². The van der Waals surface area contributed by atoms with E-state index >= 15 is 0 Å². The molecular formula is C23H41FO4. The molecule has 6 atom stereocenters. The van der Waals surface area contributed by atoms with Crippen LogP contribution in [0.15, 0.2) is 12.2 Å². The highest BCUT2D eigenvalue weighted by Gasteiger charge is 2.39. The van der Waals surface area contributed by atoms with E-state index in [1.54, 1.807) is 6.92 Å². The van der Waals surface area contributed by atoms with Gasteiger partial charge in [0.2, 0.25) is 0 Å². The van der Waals surface area contributed by atoms with E-state index in [1.165, 1.54) is 0 Å². The SMILES string of the molecule is CCCCC(F)C(O)CC[C@H]1C(C)CC(O)C1C/C=C\CCCC(=O)OCC. The van der Waals surface area contributed by atoms with Gasteiger partial charge in [-0.3, -0.25) is 4.79 Å². The maximum Gasteiger partial charge on any atom is 0.305 e. The lowest BCUT2D eigenvalue weighted by molar-refractivity contribution is -0.143. The van der Waals surface area contributed by atoms with Crippen molar-refractivity contribution >= 4 is 5.97 Å². The second-order valence-corrected chi connectivity index (χ2v) is 8.32. The molecule has 1 saturated carbocycles. The summed E-state index contributed by atoms with van der Waals surface area (Å²) < 4.78 is 18.9. The van der Waals surface area contributed by atoms with Crippen molar-refractivity contribution in [2.45, 2.75) is 103 Å². The average Bonchev–Trinajstić information content (AvgIpc) is 2.93. The van der Waals surface area contributed by atoms with Gasteiger partial charge in [-0.2, -0.15) is 0 Å². The number of carbonyl (C=O) groups excluding carboxylic acids is 1.